The van der Waals surface area contributed by atoms with Crippen LogP contribution in [0.1, 0.15) is 43.2 Å². The van der Waals surface area contributed by atoms with E-state index in [9.17, 15) is 0 Å². The van der Waals surface area contributed by atoms with E-state index in [4.69, 9.17) is 0 Å². The topological polar surface area (TPSA) is 12.0 Å². The highest BCUT2D eigenvalue weighted by Crippen LogP contribution is 2.31. The highest BCUT2D eigenvalue weighted by Gasteiger charge is 2.10. The van der Waals surface area contributed by atoms with E-state index in [1.54, 1.807) is 11.3 Å². The second-order valence-electron chi connectivity index (χ2n) is 4.80. The quantitative estimate of drug-likeness (QED) is 0.678. The highest BCUT2D eigenvalue weighted by atomic mass is 79.9. The number of thiophene rings is 1. The van der Waals surface area contributed by atoms with Gasteiger partial charge >= 0.3 is 0 Å². The average molecular weight is 338 g/mol. The summed E-state index contributed by atoms with van der Waals surface area (Å²) in [4.78, 5) is 1.34. The van der Waals surface area contributed by atoms with E-state index in [-0.39, 0.29) is 0 Å². The van der Waals surface area contributed by atoms with Crippen LogP contribution < -0.4 is 5.32 Å². The first-order valence-electron chi connectivity index (χ1n) is 6.79. The number of hydrogen-bond acceptors (Lipinski definition) is 2. The summed E-state index contributed by atoms with van der Waals surface area (Å²) in [5, 5.41) is 5.67. The molecular weight excluding hydrogens is 318 g/mol. The number of aryl methyl sites for hydroxylation is 1. The van der Waals surface area contributed by atoms with Crippen molar-refractivity contribution in [1.82, 2.24) is 0 Å². The molecule has 0 amide bonds. The Morgan fingerprint density at radius 3 is 2.53 bits per heavy atom. The third kappa shape index (κ3) is 4.08. The summed E-state index contributed by atoms with van der Waals surface area (Å²) >= 11 is 5.37. The molecule has 3 heteroatoms. The standard InChI is InChI=1S/C16H20BrNS/c1-3-4-5-13-6-8-14(9-7-13)18-12(2)16-15(17)10-11-19-16/h6-12,18H,3-5H2,1-2H3. The number of rotatable bonds is 6. The van der Waals surface area contributed by atoms with E-state index in [0.717, 1.165) is 0 Å². The number of hydrogen-bond donors (Lipinski definition) is 1. The maximum absolute atomic E-state index is 3.59. The molecule has 1 heterocycles. The molecule has 0 fully saturated rings. The molecule has 0 radical (unpaired) electrons. The minimum atomic E-state index is 0.330. The van der Waals surface area contributed by atoms with E-state index >= 15 is 0 Å². The van der Waals surface area contributed by atoms with Crippen LogP contribution in [-0.4, -0.2) is 0 Å². The zero-order chi connectivity index (χ0) is 13.7. The Morgan fingerprint density at radius 2 is 1.95 bits per heavy atom. The fraction of sp³-hybridized carbons (Fsp3) is 0.375. The van der Waals surface area contributed by atoms with Crippen molar-refractivity contribution in [3.8, 4) is 0 Å². The third-order valence-electron chi connectivity index (χ3n) is 3.19. The molecule has 19 heavy (non-hydrogen) atoms. The van der Waals surface area contributed by atoms with Gasteiger partial charge in [0.2, 0.25) is 0 Å². The summed E-state index contributed by atoms with van der Waals surface area (Å²) in [5.74, 6) is 0. The molecule has 1 atom stereocenters. The van der Waals surface area contributed by atoms with E-state index in [1.165, 1.54) is 39.9 Å². The lowest BCUT2D eigenvalue weighted by Gasteiger charge is -2.15. The second kappa shape index (κ2) is 7.11. The number of anilines is 1. The lowest BCUT2D eigenvalue weighted by molar-refractivity contribution is 0.795. The van der Waals surface area contributed by atoms with Crippen molar-refractivity contribution >= 4 is 33.0 Å². The minimum Gasteiger partial charge on any atom is -0.378 e. The van der Waals surface area contributed by atoms with Crippen LogP contribution in [0.4, 0.5) is 5.69 Å². The largest absolute Gasteiger partial charge is 0.378 e. The summed E-state index contributed by atoms with van der Waals surface area (Å²) in [6.45, 7) is 4.43. The zero-order valence-electron chi connectivity index (χ0n) is 11.4. The van der Waals surface area contributed by atoms with Crippen LogP contribution in [0.15, 0.2) is 40.2 Å². The number of benzene rings is 1. The highest BCUT2D eigenvalue weighted by molar-refractivity contribution is 9.10. The molecule has 0 aliphatic rings. The van der Waals surface area contributed by atoms with Crippen molar-refractivity contribution in [2.45, 2.75) is 39.2 Å². The molecule has 0 aliphatic carbocycles. The SMILES string of the molecule is CCCCc1ccc(NC(C)c2sccc2Br)cc1. The Labute approximate surface area is 128 Å². The maximum atomic E-state index is 3.59. The van der Waals surface area contributed by atoms with Gasteiger partial charge < -0.3 is 5.32 Å². The van der Waals surface area contributed by atoms with Gasteiger partial charge in [0.25, 0.3) is 0 Å². The molecule has 0 saturated carbocycles. The molecule has 0 spiro atoms. The van der Waals surface area contributed by atoms with Gasteiger partial charge in [-0.05, 0) is 64.8 Å². The molecule has 1 nitrogen and oxygen atoms in total. The molecule has 1 unspecified atom stereocenters. The van der Waals surface area contributed by atoms with Crippen LogP contribution in [0.5, 0.6) is 0 Å². The Hall–Kier alpha value is -0.800. The molecule has 0 saturated heterocycles. The Bertz CT molecular complexity index is 504. The van der Waals surface area contributed by atoms with E-state index in [1.807, 2.05) is 0 Å². The number of halogens is 1. The van der Waals surface area contributed by atoms with Crippen molar-refractivity contribution in [3.63, 3.8) is 0 Å². The van der Waals surface area contributed by atoms with E-state index in [0.29, 0.717) is 6.04 Å². The van der Waals surface area contributed by atoms with Gasteiger partial charge in [-0.2, -0.15) is 0 Å². The molecule has 0 aliphatic heterocycles. The van der Waals surface area contributed by atoms with Crippen molar-refractivity contribution in [3.05, 3.63) is 50.6 Å². The molecule has 0 bridgehead atoms. The second-order valence-corrected chi connectivity index (χ2v) is 6.60. The van der Waals surface area contributed by atoms with Gasteiger partial charge in [-0.25, -0.2) is 0 Å². The fourth-order valence-corrected chi connectivity index (χ4v) is 3.80. The molecular formula is C16H20BrNS. The van der Waals surface area contributed by atoms with Gasteiger partial charge in [-0.15, -0.1) is 11.3 Å². The molecule has 2 rings (SSSR count). The van der Waals surface area contributed by atoms with Gasteiger partial charge in [0, 0.05) is 15.0 Å². The lowest BCUT2D eigenvalue weighted by Crippen LogP contribution is -2.05. The summed E-state index contributed by atoms with van der Waals surface area (Å²) < 4.78 is 1.19. The first kappa shape index (κ1) is 14.6. The van der Waals surface area contributed by atoms with Crippen molar-refractivity contribution in [2.24, 2.45) is 0 Å². The average Bonchev–Trinajstić information content (AvgIpc) is 2.84. The van der Waals surface area contributed by atoms with Crippen LogP contribution >= 0.6 is 27.3 Å². The number of nitrogens with one attached hydrogen (secondary N) is 1. The fourth-order valence-electron chi connectivity index (χ4n) is 2.08. The zero-order valence-corrected chi connectivity index (χ0v) is 13.9. The minimum absolute atomic E-state index is 0.330. The molecule has 1 N–H and O–H groups in total. The predicted molar refractivity (Wildman–Crippen MR) is 89.1 cm³/mol. The summed E-state index contributed by atoms with van der Waals surface area (Å²) in [7, 11) is 0. The normalized spacial score (nSPS) is 12.4. The van der Waals surface area contributed by atoms with Crippen LogP contribution in [0, 0.1) is 0 Å². The molecule has 2 aromatic rings. The Balaban J connectivity index is 1.97. The molecule has 1 aromatic heterocycles. The van der Waals surface area contributed by atoms with Crippen LogP contribution in [0.2, 0.25) is 0 Å². The first-order chi connectivity index (χ1) is 9.20. The van der Waals surface area contributed by atoms with E-state index < -0.39 is 0 Å². The molecule has 102 valence electrons. The van der Waals surface area contributed by atoms with Crippen molar-refractivity contribution in [1.29, 1.82) is 0 Å². The Kier molecular flexibility index (Phi) is 5.46. The monoisotopic (exact) mass is 337 g/mol. The van der Waals surface area contributed by atoms with E-state index in [2.05, 4.69) is 70.8 Å². The van der Waals surface area contributed by atoms with Crippen molar-refractivity contribution in [2.75, 3.05) is 5.32 Å². The van der Waals surface area contributed by atoms with Gasteiger partial charge in [-0.3, -0.25) is 0 Å². The third-order valence-corrected chi connectivity index (χ3v) is 5.25. The smallest absolute Gasteiger partial charge is 0.0589 e. The van der Waals surface area contributed by atoms with Gasteiger partial charge in [-0.1, -0.05) is 25.5 Å². The van der Waals surface area contributed by atoms with Crippen LogP contribution in [0.3, 0.4) is 0 Å². The van der Waals surface area contributed by atoms with Gasteiger partial charge in [0.15, 0.2) is 0 Å². The summed E-state index contributed by atoms with van der Waals surface area (Å²) in [6, 6.07) is 11.3. The number of unbranched alkanes of at least 4 members (excludes halogenated alkanes) is 1. The van der Waals surface area contributed by atoms with Gasteiger partial charge in [0.05, 0.1) is 6.04 Å². The lowest BCUT2D eigenvalue weighted by atomic mass is 10.1. The van der Waals surface area contributed by atoms with Crippen molar-refractivity contribution < 1.29 is 0 Å². The summed E-state index contributed by atoms with van der Waals surface area (Å²) in [5.41, 5.74) is 2.62. The van der Waals surface area contributed by atoms with Gasteiger partial charge in [0.1, 0.15) is 0 Å². The summed E-state index contributed by atoms with van der Waals surface area (Å²) in [6.07, 6.45) is 3.71. The predicted octanol–water partition coefficient (Wildman–Crippen LogP) is 6.03. The van der Waals surface area contributed by atoms with Crippen LogP contribution in [-0.2, 0) is 6.42 Å². The maximum Gasteiger partial charge on any atom is 0.0589 e. The van der Waals surface area contributed by atoms with Crippen LogP contribution in [0.25, 0.3) is 0 Å². The first-order valence-corrected chi connectivity index (χ1v) is 8.46. The Morgan fingerprint density at radius 1 is 1.21 bits per heavy atom. The molecule has 1 aromatic carbocycles.